The molecule has 0 aliphatic heterocycles. The maximum Gasteiger partial charge on any atom is 0.443 e. The summed E-state index contributed by atoms with van der Waals surface area (Å²) in [5, 5.41) is 7.78. The molecule has 7 heteroatoms. The minimum atomic E-state index is -4.45. The Bertz CT molecular complexity index is 575. The Hall–Kier alpha value is -1.89. The summed E-state index contributed by atoms with van der Waals surface area (Å²) in [6, 6.07) is 5.59. The van der Waals surface area contributed by atoms with Crippen LogP contribution >= 0.6 is 11.3 Å². The van der Waals surface area contributed by atoms with Crippen molar-refractivity contribution in [1.29, 1.82) is 0 Å². The number of carbonyl (C=O) groups is 1. The molecule has 0 radical (unpaired) electrons. The molecule has 3 nitrogen and oxygen atoms in total. The van der Waals surface area contributed by atoms with E-state index in [1.54, 1.807) is 0 Å². The minimum Gasteiger partial charge on any atom is -0.478 e. The van der Waals surface area contributed by atoms with Gasteiger partial charge in [0.05, 0.1) is 10.4 Å². The van der Waals surface area contributed by atoms with Gasteiger partial charge in [0.15, 0.2) is 5.01 Å². The highest BCUT2D eigenvalue weighted by molar-refractivity contribution is 7.15. The Labute approximate surface area is 104 Å². The summed E-state index contributed by atoms with van der Waals surface area (Å²) in [6.07, 6.45) is -3.33. The van der Waals surface area contributed by atoms with Crippen molar-refractivity contribution in [1.82, 2.24) is 4.98 Å². The number of carboxylic acid groups (broad SMARTS) is 1. The average molecular weight is 273 g/mol. The smallest absolute Gasteiger partial charge is 0.443 e. The summed E-state index contributed by atoms with van der Waals surface area (Å²) >= 11 is 0.524. The number of halogens is 3. The molecule has 0 unspecified atom stereocenters. The van der Waals surface area contributed by atoms with Crippen molar-refractivity contribution >= 4 is 17.3 Å². The number of carboxylic acids is 1. The van der Waals surface area contributed by atoms with Crippen molar-refractivity contribution in [2.75, 3.05) is 0 Å². The van der Waals surface area contributed by atoms with Crippen molar-refractivity contribution in [2.45, 2.75) is 6.18 Å². The molecule has 0 atom stereocenters. The van der Waals surface area contributed by atoms with Gasteiger partial charge in [-0.25, -0.2) is 9.78 Å². The third-order valence-electron chi connectivity index (χ3n) is 2.16. The highest BCUT2D eigenvalue weighted by Gasteiger charge is 2.34. The molecule has 1 aromatic heterocycles. The van der Waals surface area contributed by atoms with Crippen molar-refractivity contribution in [3.8, 4) is 10.4 Å². The van der Waals surface area contributed by atoms with E-state index >= 15 is 0 Å². The fraction of sp³-hybridized carbons (Fsp3) is 0.0909. The lowest BCUT2D eigenvalue weighted by molar-refractivity contribution is -0.137. The van der Waals surface area contributed by atoms with Gasteiger partial charge in [-0.1, -0.05) is 12.1 Å². The molecule has 0 bridgehead atoms. The Morgan fingerprint density at radius 1 is 1.22 bits per heavy atom. The standard InChI is InChI=1S/C11H6F3NO2S/c12-11(13,14)10-15-5-8(18-10)6-1-3-7(4-2-6)9(16)17/h1-5H,(H,16,17). The van der Waals surface area contributed by atoms with Gasteiger partial charge in [-0.3, -0.25) is 0 Å². The molecule has 0 fully saturated rings. The maximum atomic E-state index is 12.4. The highest BCUT2D eigenvalue weighted by Crippen LogP contribution is 2.36. The van der Waals surface area contributed by atoms with Crippen molar-refractivity contribution < 1.29 is 23.1 Å². The number of alkyl halides is 3. The van der Waals surface area contributed by atoms with Crippen LogP contribution in [-0.2, 0) is 6.18 Å². The van der Waals surface area contributed by atoms with Crippen LogP contribution in [0.2, 0.25) is 0 Å². The molecule has 0 saturated carbocycles. The SMILES string of the molecule is O=C(O)c1ccc(-c2cnc(C(F)(F)F)s2)cc1. The lowest BCUT2D eigenvalue weighted by Gasteiger charge is -2.00. The van der Waals surface area contributed by atoms with Gasteiger partial charge in [-0.2, -0.15) is 13.2 Å². The number of hydrogen-bond donors (Lipinski definition) is 1. The van der Waals surface area contributed by atoms with Crippen LogP contribution in [0.1, 0.15) is 15.4 Å². The first-order valence-electron chi connectivity index (χ1n) is 4.74. The van der Waals surface area contributed by atoms with Crippen LogP contribution in [0.3, 0.4) is 0 Å². The number of benzene rings is 1. The molecule has 0 amide bonds. The zero-order valence-electron chi connectivity index (χ0n) is 8.73. The van der Waals surface area contributed by atoms with E-state index in [4.69, 9.17) is 5.11 Å². The highest BCUT2D eigenvalue weighted by atomic mass is 32.1. The predicted octanol–water partition coefficient (Wildman–Crippen LogP) is 3.53. The second-order valence-corrected chi connectivity index (χ2v) is 4.44. The summed E-state index contributed by atoms with van der Waals surface area (Å²) in [5.41, 5.74) is 0.590. The van der Waals surface area contributed by atoms with E-state index in [0.717, 1.165) is 6.20 Å². The summed E-state index contributed by atoms with van der Waals surface area (Å²) < 4.78 is 37.1. The number of nitrogens with zero attached hydrogens (tertiary/aromatic N) is 1. The van der Waals surface area contributed by atoms with Crippen molar-refractivity contribution in [3.05, 3.63) is 41.0 Å². The number of hydrogen-bond acceptors (Lipinski definition) is 3. The molecule has 1 N–H and O–H groups in total. The van der Waals surface area contributed by atoms with Crippen LogP contribution in [0.15, 0.2) is 30.5 Å². The number of rotatable bonds is 2. The van der Waals surface area contributed by atoms with Crippen LogP contribution in [0.25, 0.3) is 10.4 Å². The van der Waals surface area contributed by atoms with Gasteiger partial charge in [0.1, 0.15) is 0 Å². The van der Waals surface area contributed by atoms with E-state index in [9.17, 15) is 18.0 Å². The average Bonchev–Trinajstić information content (AvgIpc) is 2.78. The second-order valence-electron chi connectivity index (χ2n) is 3.41. The molecular weight excluding hydrogens is 267 g/mol. The molecule has 0 spiro atoms. The summed E-state index contributed by atoms with van der Waals surface area (Å²) in [7, 11) is 0. The van der Waals surface area contributed by atoms with Gasteiger partial charge in [-0.15, -0.1) is 11.3 Å². The minimum absolute atomic E-state index is 0.0827. The quantitative estimate of drug-likeness (QED) is 0.910. The first-order valence-corrected chi connectivity index (χ1v) is 5.56. The first kappa shape index (κ1) is 12.6. The lowest BCUT2D eigenvalue weighted by Crippen LogP contribution is -2.02. The van der Waals surface area contributed by atoms with Gasteiger partial charge in [0, 0.05) is 6.20 Å². The fourth-order valence-electron chi connectivity index (χ4n) is 1.32. The fourth-order valence-corrected chi connectivity index (χ4v) is 2.10. The van der Waals surface area contributed by atoms with Gasteiger partial charge >= 0.3 is 12.1 Å². The molecule has 0 aliphatic rings. The van der Waals surface area contributed by atoms with Gasteiger partial charge < -0.3 is 5.11 Å². The van der Waals surface area contributed by atoms with Gasteiger partial charge in [0.25, 0.3) is 0 Å². The molecule has 94 valence electrons. The molecule has 2 rings (SSSR count). The van der Waals surface area contributed by atoms with E-state index < -0.39 is 17.2 Å². The Balaban J connectivity index is 2.32. The maximum absolute atomic E-state index is 12.4. The Kier molecular flexibility index (Phi) is 3.08. The molecule has 2 aromatic rings. The van der Waals surface area contributed by atoms with E-state index in [0.29, 0.717) is 21.8 Å². The molecule has 0 saturated heterocycles. The van der Waals surface area contributed by atoms with E-state index in [1.807, 2.05) is 0 Å². The van der Waals surface area contributed by atoms with E-state index in [1.165, 1.54) is 24.3 Å². The Morgan fingerprint density at radius 2 is 1.83 bits per heavy atom. The van der Waals surface area contributed by atoms with Gasteiger partial charge in [-0.05, 0) is 17.7 Å². The zero-order chi connectivity index (χ0) is 13.3. The van der Waals surface area contributed by atoms with Crippen molar-refractivity contribution in [2.24, 2.45) is 0 Å². The van der Waals surface area contributed by atoms with Crippen LogP contribution in [-0.4, -0.2) is 16.1 Å². The third kappa shape index (κ3) is 2.51. The second kappa shape index (κ2) is 4.41. The summed E-state index contributed by atoms with van der Waals surface area (Å²) in [6.45, 7) is 0. The van der Waals surface area contributed by atoms with Crippen LogP contribution in [0.5, 0.6) is 0 Å². The molecule has 18 heavy (non-hydrogen) atoms. The monoisotopic (exact) mass is 273 g/mol. The zero-order valence-corrected chi connectivity index (χ0v) is 9.55. The van der Waals surface area contributed by atoms with E-state index in [-0.39, 0.29) is 5.56 Å². The van der Waals surface area contributed by atoms with Crippen molar-refractivity contribution in [3.63, 3.8) is 0 Å². The molecule has 0 aliphatic carbocycles. The Morgan fingerprint density at radius 3 is 2.28 bits per heavy atom. The number of aromatic nitrogens is 1. The number of thiazole rings is 1. The number of aromatic carboxylic acids is 1. The topological polar surface area (TPSA) is 50.2 Å². The first-order chi connectivity index (χ1) is 8.38. The normalized spacial score (nSPS) is 11.5. The lowest BCUT2D eigenvalue weighted by atomic mass is 10.1. The largest absolute Gasteiger partial charge is 0.478 e. The van der Waals surface area contributed by atoms with Crippen LogP contribution in [0, 0.1) is 0 Å². The van der Waals surface area contributed by atoms with E-state index in [2.05, 4.69) is 4.98 Å². The third-order valence-corrected chi connectivity index (χ3v) is 3.26. The summed E-state index contributed by atoms with van der Waals surface area (Å²) in [4.78, 5) is 14.3. The predicted molar refractivity (Wildman–Crippen MR) is 59.5 cm³/mol. The van der Waals surface area contributed by atoms with Gasteiger partial charge in [0.2, 0.25) is 0 Å². The summed E-state index contributed by atoms with van der Waals surface area (Å²) in [5.74, 6) is -1.08. The molecule has 1 aromatic carbocycles. The molecule has 1 heterocycles. The molecular formula is C11H6F3NO2S. The van der Waals surface area contributed by atoms with Crippen LogP contribution < -0.4 is 0 Å². The van der Waals surface area contributed by atoms with Crippen LogP contribution in [0.4, 0.5) is 13.2 Å².